The van der Waals surface area contributed by atoms with E-state index in [1.807, 2.05) is 24.3 Å². The number of aromatic nitrogens is 3. The van der Waals surface area contributed by atoms with Crippen LogP contribution in [-0.4, -0.2) is 14.4 Å². The Kier molecular flexibility index (Phi) is 1.56. The van der Waals surface area contributed by atoms with Crippen LogP contribution in [0.5, 0.6) is 0 Å². The van der Waals surface area contributed by atoms with Crippen LogP contribution in [0.4, 0.5) is 0 Å². The topological polar surface area (TPSA) is 47.3 Å². The molecule has 15 heavy (non-hydrogen) atoms. The summed E-state index contributed by atoms with van der Waals surface area (Å²) in [5.41, 5.74) is 1.26. The van der Waals surface area contributed by atoms with Crippen molar-refractivity contribution in [2.24, 2.45) is 0 Å². The predicted octanol–water partition coefficient (Wildman–Crippen LogP) is 1.24. The minimum Gasteiger partial charge on any atom is -0.291 e. The number of hydrogen-bond acceptors (Lipinski definition) is 3. The zero-order valence-electron chi connectivity index (χ0n) is 7.79. The average Bonchev–Trinajstić information content (AvgIpc) is 2.29. The summed E-state index contributed by atoms with van der Waals surface area (Å²) in [4.78, 5) is 19.4. The van der Waals surface area contributed by atoms with Gasteiger partial charge in [-0.3, -0.25) is 9.20 Å². The van der Waals surface area contributed by atoms with Gasteiger partial charge in [-0.25, -0.2) is 4.98 Å². The quantitative estimate of drug-likeness (QED) is 0.509. The van der Waals surface area contributed by atoms with Crippen molar-refractivity contribution >= 4 is 16.6 Å². The molecule has 0 aliphatic rings. The molecule has 0 fully saturated rings. The van der Waals surface area contributed by atoms with Crippen LogP contribution in [0.2, 0.25) is 0 Å². The fourth-order valence-electron chi connectivity index (χ4n) is 1.61. The maximum atomic E-state index is 11.2. The molecule has 0 amide bonds. The van der Waals surface area contributed by atoms with Crippen LogP contribution in [0.3, 0.4) is 0 Å². The van der Waals surface area contributed by atoms with E-state index in [1.54, 1.807) is 16.9 Å². The summed E-state index contributed by atoms with van der Waals surface area (Å²) in [5, 5.41) is 0.887. The van der Waals surface area contributed by atoms with Crippen LogP contribution in [-0.2, 0) is 0 Å². The lowest BCUT2D eigenvalue weighted by Crippen LogP contribution is -2.07. The number of fused-ring (bicyclic) bond motifs is 3. The van der Waals surface area contributed by atoms with E-state index in [4.69, 9.17) is 0 Å². The van der Waals surface area contributed by atoms with Crippen LogP contribution < -0.4 is 5.56 Å². The van der Waals surface area contributed by atoms with Gasteiger partial charge in [0.1, 0.15) is 6.33 Å². The van der Waals surface area contributed by atoms with E-state index in [1.165, 1.54) is 6.07 Å². The maximum Gasteiger partial charge on any atom is 0.273 e. The first-order valence-corrected chi connectivity index (χ1v) is 4.57. The third-order valence-electron chi connectivity index (χ3n) is 2.30. The monoisotopic (exact) mass is 197 g/mol. The molecule has 0 saturated heterocycles. The molecule has 72 valence electrons. The molecule has 4 heteroatoms. The van der Waals surface area contributed by atoms with Gasteiger partial charge in [-0.15, -0.1) is 0 Å². The molecule has 4 nitrogen and oxygen atoms in total. The first-order chi connectivity index (χ1) is 7.34. The molecule has 0 aliphatic carbocycles. The van der Waals surface area contributed by atoms with E-state index < -0.39 is 0 Å². The molecule has 1 aromatic carbocycles. The molecular weight excluding hydrogens is 190 g/mol. The van der Waals surface area contributed by atoms with Crippen LogP contribution >= 0.6 is 0 Å². The Bertz CT molecular complexity index is 703. The lowest BCUT2D eigenvalue weighted by molar-refractivity contribution is 1.04. The van der Waals surface area contributed by atoms with E-state index in [0.29, 0.717) is 5.65 Å². The molecule has 0 N–H and O–H groups in total. The van der Waals surface area contributed by atoms with Gasteiger partial charge in [0.25, 0.3) is 5.56 Å². The molecule has 0 spiro atoms. The van der Waals surface area contributed by atoms with Crippen LogP contribution in [0.15, 0.2) is 47.7 Å². The number of nitrogens with zero attached hydrogens (tertiary/aromatic N) is 3. The third-order valence-corrected chi connectivity index (χ3v) is 2.30. The Morgan fingerprint density at radius 2 is 2.00 bits per heavy atom. The zero-order valence-corrected chi connectivity index (χ0v) is 7.79. The van der Waals surface area contributed by atoms with Gasteiger partial charge in [0.15, 0.2) is 5.65 Å². The molecule has 0 aliphatic heterocycles. The largest absolute Gasteiger partial charge is 0.291 e. The normalized spacial score (nSPS) is 10.9. The van der Waals surface area contributed by atoms with E-state index in [-0.39, 0.29) is 5.56 Å². The van der Waals surface area contributed by atoms with Gasteiger partial charge in [0.2, 0.25) is 0 Å². The number of rotatable bonds is 0. The minimum atomic E-state index is -0.230. The molecule has 2 heterocycles. The van der Waals surface area contributed by atoms with E-state index in [9.17, 15) is 4.79 Å². The highest BCUT2D eigenvalue weighted by Crippen LogP contribution is 2.13. The molecule has 3 rings (SSSR count). The van der Waals surface area contributed by atoms with Gasteiger partial charge >= 0.3 is 0 Å². The Morgan fingerprint density at radius 3 is 2.93 bits per heavy atom. The summed E-state index contributed by atoms with van der Waals surface area (Å²) in [6.45, 7) is 0. The number of para-hydroxylation sites is 1. The molecule has 3 aromatic rings. The van der Waals surface area contributed by atoms with Gasteiger partial charge < -0.3 is 0 Å². The summed E-state index contributed by atoms with van der Waals surface area (Å²) in [5.74, 6) is 0. The van der Waals surface area contributed by atoms with Gasteiger partial charge in [0, 0.05) is 17.6 Å². The predicted molar refractivity (Wildman–Crippen MR) is 56.8 cm³/mol. The third kappa shape index (κ3) is 1.19. The van der Waals surface area contributed by atoms with Gasteiger partial charge in [-0.2, -0.15) is 4.98 Å². The summed E-state index contributed by atoms with van der Waals surface area (Å²) < 4.78 is 1.74. The Hall–Kier alpha value is -2.23. The fraction of sp³-hybridized carbons (Fsp3) is 0. The van der Waals surface area contributed by atoms with Crippen molar-refractivity contribution in [3.05, 3.63) is 53.2 Å². The van der Waals surface area contributed by atoms with Crippen LogP contribution in [0, 0.1) is 0 Å². The van der Waals surface area contributed by atoms with Crippen molar-refractivity contribution in [2.75, 3.05) is 0 Å². The first kappa shape index (κ1) is 8.11. The summed E-state index contributed by atoms with van der Waals surface area (Å²) in [6, 6.07) is 9.04. The molecule has 0 unspecified atom stereocenters. The summed E-state index contributed by atoms with van der Waals surface area (Å²) in [7, 11) is 0. The van der Waals surface area contributed by atoms with Crippen LogP contribution in [0.1, 0.15) is 0 Å². The van der Waals surface area contributed by atoms with Crippen molar-refractivity contribution in [2.45, 2.75) is 0 Å². The van der Waals surface area contributed by atoms with Crippen molar-refractivity contribution in [3.8, 4) is 0 Å². The van der Waals surface area contributed by atoms with Gasteiger partial charge in [0.05, 0.1) is 5.52 Å². The molecular formula is C11H7N3O. The Morgan fingerprint density at radius 1 is 1.13 bits per heavy atom. The smallest absolute Gasteiger partial charge is 0.273 e. The first-order valence-electron chi connectivity index (χ1n) is 4.57. The minimum absolute atomic E-state index is 0.230. The van der Waals surface area contributed by atoms with E-state index in [0.717, 1.165) is 10.9 Å². The average molecular weight is 197 g/mol. The molecule has 0 saturated carbocycles. The lowest BCUT2D eigenvalue weighted by atomic mass is 10.2. The number of benzene rings is 1. The highest BCUT2D eigenvalue weighted by molar-refractivity contribution is 5.90. The Labute approximate surface area is 84.8 Å². The van der Waals surface area contributed by atoms with Gasteiger partial charge in [-0.1, -0.05) is 12.1 Å². The van der Waals surface area contributed by atoms with E-state index in [2.05, 4.69) is 9.97 Å². The van der Waals surface area contributed by atoms with Crippen molar-refractivity contribution < 1.29 is 0 Å². The van der Waals surface area contributed by atoms with Crippen molar-refractivity contribution in [1.82, 2.24) is 14.4 Å². The second-order valence-corrected chi connectivity index (χ2v) is 3.26. The molecule has 2 aromatic heterocycles. The highest BCUT2D eigenvalue weighted by atomic mass is 16.1. The second-order valence-electron chi connectivity index (χ2n) is 3.26. The molecule has 0 bridgehead atoms. The van der Waals surface area contributed by atoms with Gasteiger partial charge in [-0.05, 0) is 12.1 Å². The molecule has 0 atom stereocenters. The lowest BCUT2D eigenvalue weighted by Gasteiger charge is -2.02. The Balaban J connectivity index is 2.63. The van der Waals surface area contributed by atoms with Crippen molar-refractivity contribution in [1.29, 1.82) is 0 Å². The highest BCUT2D eigenvalue weighted by Gasteiger charge is 2.00. The standard InChI is InChI=1S/C11H7N3O/c15-10-5-6-14-7-12-9-4-2-1-3-8(9)11(14)13-10/h1-7H. The SMILES string of the molecule is O=c1ccn2cnc3ccccc3c2n1. The van der Waals surface area contributed by atoms with Crippen molar-refractivity contribution in [3.63, 3.8) is 0 Å². The molecule has 0 radical (unpaired) electrons. The summed E-state index contributed by atoms with van der Waals surface area (Å²) in [6.07, 6.45) is 3.33. The number of hydrogen-bond donors (Lipinski definition) is 0. The fourth-order valence-corrected chi connectivity index (χ4v) is 1.61. The second kappa shape index (κ2) is 2.88. The zero-order chi connectivity index (χ0) is 10.3. The summed E-state index contributed by atoms with van der Waals surface area (Å²) >= 11 is 0. The maximum absolute atomic E-state index is 11.2. The van der Waals surface area contributed by atoms with E-state index >= 15 is 0 Å². The van der Waals surface area contributed by atoms with Crippen LogP contribution in [0.25, 0.3) is 16.6 Å².